The number of benzene rings is 2. The number of hydrogen-bond donors (Lipinski definition) is 0. The van der Waals surface area contributed by atoms with Crippen molar-refractivity contribution < 1.29 is 0 Å². The summed E-state index contributed by atoms with van der Waals surface area (Å²) in [4.78, 5) is 0. The van der Waals surface area contributed by atoms with Crippen molar-refractivity contribution in [2.75, 3.05) is 0 Å². The van der Waals surface area contributed by atoms with Crippen LogP contribution in [-0.4, -0.2) is 0 Å². The van der Waals surface area contributed by atoms with Gasteiger partial charge < -0.3 is 0 Å². The molecule has 2 aromatic carbocycles. The quantitative estimate of drug-likeness (QED) is 0.416. The van der Waals surface area contributed by atoms with E-state index < -0.39 is 0 Å². The topological polar surface area (TPSA) is 0 Å². The van der Waals surface area contributed by atoms with Gasteiger partial charge in [0.1, 0.15) is 0 Å². The summed E-state index contributed by atoms with van der Waals surface area (Å²) in [5.74, 6) is 0. The summed E-state index contributed by atoms with van der Waals surface area (Å²) < 4.78 is 0. The second-order valence-corrected chi connectivity index (χ2v) is 11.1. The van der Waals surface area contributed by atoms with Gasteiger partial charge in [-0.25, -0.2) is 0 Å². The highest BCUT2D eigenvalue weighted by Gasteiger charge is 2.34. The maximum atomic E-state index is 2.49. The van der Waals surface area contributed by atoms with E-state index in [4.69, 9.17) is 0 Å². The highest BCUT2D eigenvalue weighted by molar-refractivity contribution is 5.90. The van der Waals surface area contributed by atoms with Crippen LogP contribution in [0.5, 0.6) is 0 Å². The summed E-state index contributed by atoms with van der Waals surface area (Å²) in [7, 11) is 0. The fourth-order valence-corrected chi connectivity index (χ4v) is 5.65. The highest BCUT2D eigenvalue weighted by Crippen LogP contribution is 2.50. The van der Waals surface area contributed by atoms with E-state index in [2.05, 4.69) is 91.8 Å². The fraction of sp³-hybridized carbons (Fsp3) is 0.467. The van der Waals surface area contributed by atoms with Crippen molar-refractivity contribution >= 4 is 5.57 Å². The summed E-state index contributed by atoms with van der Waals surface area (Å²) >= 11 is 0. The summed E-state index contributed by atoms with van der Waals surface area (Å²) in [5.41, 5.74) is 15.8. The van der Waals surface area contributed by atoms with Gasteiger partial charge in [0.25, 0.3) is 0 Å². The Bertz CT molecular complexity index is 1060. The number of fused-ring (bicyclic) bond motifs is 3. The third-order valence-corrected chi connectivity index (χ3v) is 6.98. The van der Waals surface area contributed by atoms with Crippen LogP contribution >= 0.6 is 0 Å². The summed E-state index contributed by atoms with van der Waals surface area (Å²) in [6, 6.07) is 7.27. The zero-order valence-electron chi connectivity index (χ0n) is 20.3. The van der Waals surface area contributed by atoms with Crippen LogP contribution in [0.15, 0.2) is 36.4 Å². The van der Waals surface area contributed by atoms with Crippen molar-refractivity contribution in [3.8, 4) is 11.1 Å². The number of rotatable bonds is 3. The molecule has 0 radical (unpaired) electrons. The van der Waals surface area contributed by atoms with Gasteiger partial charge in [-0.1, -0.05) is 91.8 Å². The molecule has 0 heteroatoms. The van der Waals surface area contributed by atoms with Crippen molar-refractivity contribution in [3.63, 3.8) is 0 Å². The van der Waals surface area contributed by atoms with E-state index in [-0.39, 0.29) is 10.8 Å². The zero-order chi connectivity index (χ0) is 21.8. The zero-order valence-corrected chi connectivity index (χ0v) is 20.3. The monoisotopic (exact) mass is 398 g/mol. The normalized spacial score (nSPS) is 15.4. The fourth-order valence-electron chi connectivity index (χ4n) is 5.65. The van der Waals surface area contributed by atoms with Crippen molar-refractivity contribution in [1.29, 1.82) is 0 Å². The van der Waals surface area contributed by atoms with Crippen molar-refractivity contribution in [3.05, 3.63) is 75.4 Å². The molecule has 0 spiro atoms. The van der Waals surface area contributed by atoms with Crippen LogP contribution in [0, 0.1) is 0 Å². The van der Waals surface area contributed by atoms with Crippen LogP contribution < -0.4 is 0 Å². The first kappa shape index (κ1) is 21.2. The molecule has 0 unspecified atom stereocenters. The maximum Gasteiger partial charge on any atom is -0.000708 e. The Morgan fingerprint density at radius 2 is 1.53 bits per heavy atom. The van der Waals surface area contributed by atoms with E-state index in [0.717, 1.165) is 25.7 Å². The molecule has 2 aliphatic rings. The number of hydrogen-bond acceptors (Lipinski definition) is 0. The lowest BCUT2D eigenvalue weighted by Crippen LogP contribution is -2.20. The number of allylic oxidation sites excluding steroid dienone is 4. The molecule has 2 aromatic rings. The molecule has 2 aliphatic carbocycles. The SMILES string of the molecule is CCc1c(CC)c(C(C)(C)C)c(C2=CC=CC2)c2c1-c1ccc(C(C)(C)C)cc1C2. The molecule has 0 aromatic heterocycles. The molecule has 0 nitrogen and oxygen atoms in total. The predicted octanol–water partition coefficient (Wildman–Crippen LogP) is 8.32. The standard InChI is InChI=1S/C30H38/c1-9-22-23(10-2)28(30(6,7)8)26(19-13-11-12-14-19)25-18-20-17-21(29(3,4)5)15-16-24(20)27(22)25/h11-13,15-17H,9-10,14,18H2,1-8H3. The molecule has 0 bridgehead atoms. The molecule has 4 rings (SSSR count). The van der Waals surface area contributed by atoms with Crippen LogP contribution in [-0.2, 0) is 30.1 Å². The molecule has 0 N–H and O–H groups in total. The molecule has 0 atom stereocenters. The largest absolute Gasteiger partial charge is 0.0801 e. The third-order valence-electron chi connectivity index (χ3n) is 6.98. The Labute approximate surface area is 184 Å². The molecule has 0 saturated heterocycles. The lowest BCUT2D eigenvalue weighted by Gasteiger charge is -2.32. The van der Waals surface area contributed by atoms with E-state index in [1.807, 2.05) is 0 Å². The Morgan fingerprint density at radius 1 is 0.833 bits per heavy atom. The molecule has 158 valence electrons. The van der Waals surface area contributed by atoms with E-state index in [9.17, 15) is 0 Å². The maximum absolute atomic E-state index is 2.49. The average molecular weight is 399 g/mol. The summed E-state index contributed by atoms with van der Waals surface area (Å²) in [6.45, 7) is 18.9. The van der Waals surface area contributed by atoms with Crippen molar-refractivity contribution in [1.82, 2.24) is 0 Å². The van der Waals surface area contributed by atoms with Crippen molar-refractivity contribution in [2.45, 2.75) is 91.9 Å². The van der Waals surface area contributed by atoms with E-state index in [1.54, 1.807) is 33.4 Å². The molecular weight excluding hydrogens is 360 g/mol. The van der Waals surface area contributed by atoms with E-state index in [1.165, 1.54) is 22.3 Å². The average Bonchev–Trinajstić information content (AvgIpc) is 3.31. The van der Waals surface area contributed by atoms with Crippen molar-refractivity contribution in [2.24, 2.45) is 0 Å². The van der Waals surface area contributed by atoms with Crippen LogP contribution in [0.25, 0.3) is 16.7 Å². The second kappa shape index (κ2) is 7.26. The highest BCUT2D eigenvalue weighted by atomic mass is 14.4. The molecule has 0 heterocycles. The molecule has 30 heavy (non-hydrogen) atoms. The summed E-state index contributed by atoms with van der Waals surface area (Å²) in [6.07, 6.45) is 11.3. The molecule has 0 fully saturated rings. The lowest BCUT2D eigenvalue weighted by molar-refractivity contribution is 0.579. The lowest BCUT2D eigenvalue weighted by atomic mass is 9.72. The van der Waals surface area contributed by atoms with Gasteiger partial charge in [-0.15, -0.1) is 0 Å². The Hall–Kier alpha value is -2.08. The van der Waals surface area contributed by atoms with Crippen LogP contribution in [0.2, 0.25) is 0 Å². The smallest absolute Gasteiger partial charge is 0.000708 e. The minimum Gasteiger partial charge on any atom is -0.0801 e. The molecule has 0 amide bonds. The Morgan fingerprint density at radius 3 is 2.07 bits per heavy atom. The van der Waals surface area contributed by atoms with Gasteiger partial charge in [-0.2, -0.15) is 0 Å². The first-order chi connectivity index (χ1) is 14.1. The van der Waals surface area contributed by atoms with Crippen LogP contribution in [0.3, 0.4) is 0 Å². The van der Waals surface area contributed by atoms with Gasteiger partial charge in [0.05, 0.1) is 0 Å². The first-order valence-corrected chi connectivity index (χ1v) is 11.8. The van der Waals surface area contributed by atoms with Gasteiger partial charge in [-0.05, 0) is 92.2 Å². The predicted molar refractivity (Wildman–Crippen MR) is 133 cm³/mol. The molecule has 0 saturated carbocycles. The van der Waals surface area contributed by atoms with Gasteiger partial charge in [0.2, 0.25) is 0 Å². The Balaban J connectivity index is 2.07. The minimum absolute atomic E-state index is 0.133. The van der Waals surface area contributed by atoms with Gasteiger partial charge >= 0.3 is 0 Å². The second-order valence-electron chi connectivity index (χ2n) is 11.1. The van der Waals surface area contributed by atoms with Crippen LogP contribution in [0.1, 0.15) is 101 Å². The minimum atomic E-state index is 0.133. The van der Waals surface area contributed by atoms with E-state index in [0.29, 0.717) is 0 Å². The molecule has 0 aliphatic heterocycles. The van der Waals surface area contributed by atoms with Gasteiger partial charge in [0, 0.05) is 0 Å². The van der Waals surface area contributed by atoms with E-state index >= 15 is 0 Å². The Kier molecular flexibility index (Phi) is 5.12. The third kappa shape index (κ3) is 3.29. The van der Waals surface area contributed by atoms with Crippen LogP contribution in [0.4, 0.5) is 0 Å². The van der Waals surface area contributed by atoms with Gasteiger partial charge in [0.15, 0.2) is 0 Å². The molecular formula is C30H38. The first-order valence-electron chi connectivity index (χ1n) is 11.8. The van der Waals surface area contributed by atoms with Gasteiger partial charge in [-0.3, -0.25) is 0 Å². The summed E-state index contributed by atoms with van der Waals surface area (Å²) in [5, 5.41) is 0.